The molecule has 0 aromatic carbocycles. The summed E-state index contributed by atoms with van der Waals surface area (Å²) in [6.45, 7) is 0. The molecule has 4 nitrogen and oxygen atoms in total. The molecule has 0 saturated carbocycles. The van der Waals surface area contributed by atoms with Crippen molar-refractivity contribution in [2.75, 3.05) is 0 Å². The third kappa shape index (κ3) is 12.3. The monoisotopic (exact) mass is 190 g/mol. The Morgan fingerprint density at radius 1 is 1.78 bits per heavy atom. The van der Waals surface area contributed by atoms with Crippen LogP contribution in [-0.2, 0) is 17.5 Å². The van der Waals surface area contributed by atoms with Gasteiger partial charge >= 0.3 is 57.4 Å². The fourth-order valence-electron chi connectivity index (χ4n) is 0.0920. The first-order chi connectivity index (χ1) is 3.63. The van der Waals surface area contributed by atoms with E-state index in [-0.39, 0.29) is 55.8 Å². The zero-order chi connectivity index (χ0) is 6.57. The SMILES string of the molecule is NC(=O)NOC(=S)[S-].[K+]. The Bertz CT molecular complexity index is 105. The van der Waals surface area contributed by atoms with Crippen LogP contribution in [0, 0.1) is 0 Å². The molecule has 0 spiro atoms. The van der Waals surface area contributed by atoms with Gasteiger partial charge in [-0.2, -0.15) is 5.48 Å². The van der Waals surface area contributed by atoms with Crippen molar-refractivity contribution in [3.63, 3.8) is 0 Å². The summed E-state index contributed by atoms with van der Waals surface area (Å²) in [5, 5.41) is 0. The maximum absolute atomic E-state index is 9.78. The summed E-state index contributed by atoms with van der Waals surface area (Å²) in [6.07, 6.45) is 0. The molecule has 0 bridgehead atoms. The Kier molecular flexibility index (Phi) is 10.0. The van der Waals surface area contributed by atoms with Crippen LogP contribution in [0.15, 0.2) is 0 Å². The van der Waals surface area contributed by atoms with Gasteiger partial charge in [0.25, 0.3) is 0 Å². The first-order valence-corrected chi connectivity index (χ1v) is 2.38. The number of hydroxylamine groups is 1. The average molecular weight is 190 g/mol. The smallest absolute Gasteiger partial charge is 0.399 e. The molecule has 0 unspecified atom stereocenters. The summed E-state index contributed by atoms with van der Waals surface area (Å²) in [5.74, 6) is 0. The molecular weight excluding hydrogens is 187 g/mol. The van der Waals surface area contributed by atoms with Gasteiger partial charge in [-0.25, -0.2) is 4.79 Å². The van der Waals surface area contributed by atoms with Gasteiger partial charge in [-0.3, -0.25) is 0 Å². The molecule has 0 aliphatic rings. The van der Waals surface area contributed by atoms with Crippen molar-refractivity contribution >= 4 is 35.3 Å². The van der Waals surface area contributed by atoms with Crippen molar-refractivity contribution in [3.8, 4) is 0 Å². The van der Waals surface area contributed by atoms with Gasteiger partial charge in [-0.05, 0) is 0 Å². The fraction of sp³-hybridized carbons (Fsp3) is 0. The minimum absolute atomic E-state index is 0. The van der Waals surface area contributed by atoms with Gasteiger partial charge in [0, 0.05) is 0 Å². The molecule has 0 aliphatic heterocycles. The van der Waals surface area contributed by atoms with Crippen LogP contribution >= 0.6 is 12.2 Å². The third-order valence-corrected chi connectivity index (χ3v) is 0.402. The number of primary amides is 1. The zero-order valence-electron chi connectivity index (χ0n) is 4.71. The van der Waals surface area contributed by atoms with Crippen LogP contribution in [0.1, 0.15) is 0 Å². The Morgan fingerprint density at radius 2 is 2.22 bits per heavy atom. The van der Waals surface area contributed by atoms with Crippen molar-refractivity contribution in [2.45, 2.75) is 0 Å². The number of carbonyl (C=O) groups excluding carboxylic acids is 1. The van der Waals surface area contributed by atoms with Gasteiger partial charge in [-0.15, -0.1) is 0 Å². The number of thiocarbonyl (C=S) groups is 1. The van der Waals surface area contributed by atoms with Crippen LogP contribution < -0.4 is 62.6 Å². The van der Waals surface area contributed by atoms with Crippen LogP contribution in [0.2, 0.25) is 0 Å². The van der Waals surface area contributed by atoms with E-state index in [1.807, 2.05) is 0 Å². The predicted molar refractivity (Wildman–Crippen MR) is 33.8 cm³/mol. The van der Waals surface area contributed by atoms with E-state index in [1.165, 1.54) is 0 Å². The summed E-state index contributed by atoms with van der Waals surface area (Å²) in [4.78, 5) is 13.9. The van der Waals surface area contributed by atoms with Crippen LogP contribution in [0.3, 0.4) is 0 Å². The van der Waals surface area contributed by atoms with Gasteiger partial charge in [0.2, 0.25) is 0 Å². The Morgan fingerprint density at radius 3 is 2.33 bits per heavy atom. The second kappa shape index (κ2) is 7.13. The topological polar surface area (TPSA) is 64.4 Å². The molecule has 0 aromatic rings. The van der Waals surface area contributed by atoms with Crippen molar-refractivity contribution < 1.29 is 61.0 Å². The Hall–Kier alpha value is 1.02. The summed E-state index contributed by atoms with van der Waals surface area (Å²) in [6, 6.07) is -0.822. The average Bonchev–Trinajstić information content (AvgIpc) is 1.61. The van der Waals surface area contributed by atoms with E-state index < -0.39 is 6.03 Å². The molecule has 7 heteroatoms. The van der Waals surface area contributed by atoms with Gasteiger partial charge in [0.1, 0.15) is 0 Å². The number of nitrogens with one attached hydrogen (secondary N) is 1. The second-order valence-corrected chi connectivity index (χ2v) is 1.82. The van der Waals surface area contributed by atoms with Crippen LogP contribution in [0.5, 0.6) is 0 Å². The van der Waals surface area contributed by atoms with Crippen LogP contribution in [0.25, 0.3) is 0 Å². The quantitative estimate of drug-likeness (QED) is 0.179. The molecule has 0 radical (unpaired) electrons. The van der Waals surface area contributed by atoms with E-state index >= 15 is 0 Å². The zero-order valence-corrected chi connectivity index (χ0v) is 9.47. The van der Waals surface area contributed by atoms with Crippen molar-refractivity contribution in [2.24, 2.45) is 5.73 Å². The number of carbonyl (C=O) groups is 1. The van der Waals surface area contributed by atoms with E-state index in [9.17, 15) is 4.79 Å². The Labute approximate surface area is 106 Å². The minimum Gasteiger partial charge on any atom is -0.399 e. The standard InChI is InChI=1S/C2H4N2O2S2.K/c3-1(5)4-6-2(7)8;/h(H,7,8)(H3,3,4,5);/q;+1/p-1. The number of nitrogens with two attached hydrogens (primary N) is 1. The molecule has 0 saturated heterocycles. The Balaban J connectivity index is 0. The second-order valence-electron chi connectivity index (χ2n) is 0.818. The number of rotatable bonds is 0. The molecule has 0 aromatic heterocycles. The molecular formula is C2H3KN2O2S2. The van der Waals surface area contributed by atoms with Gasteiger partial charge in [-0.1, -0.05) is 0 Å². The van der Waals surface area contributed by atoms with Gasteiger partial charge in [0.05, 0.1) is 4.38 Å². The summed E-state index contributed by atoms with van der Waals surface area (Å²) < 4.78 is -0.191. The number of urea groups is 1. The molecule has 0 rings (SSSR count). The van der Waals surface area contributed by atoms with Crippen molar-refractivity contribution in [1.29, 1.82) is 0 Å². The first kappa shape index (κ1) is 12.7. The summed E-state index contributed by atoms with van der Waals surface area (Å²) in [5.41, 5.74) is 6.30. The number of hydrogen-bond donors (Lipinski definition) is 2. The van der Waals surface area contributed by atoms with Crippen LogP contribution in [0.4, 0.5) is 4.79 Å². The number of amides is 2. The number of hydrogen-bond acceptors (Lipinski definition) is 4. The van der Waals surface area contributed by atoms with Crippen molar-refractivity contribution in [1.82, 2.24) is 5.48 Å². The molecule has 0 aliphatic carbocycles. The molecule has 0 atom stereocenters. The maximum Gasteiger partial charge on any atom is 1.00 e. The van der Waals surface area contributed by atoms with E-state index in [4.69, 9.17) is 0 Å². The van der Waals surface area contributed by atoms with E-state index in [1.54, 1.807) is 5.48 Å². The van der Waals surface area contributed by atoms with Crippen molar-refractivity contribution in [3.05, 3.63) is 0 Å². The van der Waals surface area contributed by atoms with Crippen LogP contribution in [-0.4, -0.2) is 10.4 Å². The molecule has 0 heterocycles. The first-order valence-electron chi connectivity index (χ1n) is 1.56. The normalized spacial score (nSPS) is 6.67. The predicted octanol–water partition coefficient (Wildman–Crippen LogP) is -3.58. The largest absolute Gasteiger partial charge is 1.00 e. The van der Waals surface area contributed by atoms with E-state index in [0.717, 1.165) is 0 Å². The maximum atomic E-state index is 9.78. The third-order valence-electron chi connectivity index (χ3n) is 0.235. The summed E-state index contributed by atoms with van der Waals surface area (Å²) in [7, 11) is 0. The minimum atomic E-state index is -0.822. The van der Waals surface area contributed by atoms with Gasteiger partial charge < -0.3 is 35.4 Å². The molecule has 9 heavy (non-hydrogen) atoms. The van der Waals surface area contributed by atoms with E-state index in [2.05, 4.69) is 35.4 Å². The molecule has 46 valence electrons. The van der Waals surface area contributed by atoms with E-state index in [0.29, 0.717) is 0 Å². The molecule has 0 fully saturated rings. The summed E-state index contributed by atoms with van der Waals surface area (Å²) >= 11 is 8.47. The molecule has 2 amide bonds. The molecule has 3 N–H and O–H groups in total. The van der Waals surface area contributed by atoms with Gasteiger partial charge in [0.15, 0.2) is 0 Å². The fourth-order valence-corrected chi connectivity index (χ4v) is 0.175.